The maximum Gasteiger partial charge on any atom is 0.245 e. The van der Waals surface area contributed by atoms with Crippen molar-refractivity contribution in [1.82, 2.24) is 15.2 Å². The highest BCUT2D eigenvalue weighted by Crippen LogP contribution is 2.16. The number of halogens is 2. The van der Waals surface area contributed by atoms with Crippen molar-refractivity contribution < 1.29 is 4.79 Å². The van der Waals surface area contributed by atoms with E-state index in [9.17, 15) is 4.79 Å². The van der Waals surface area contributed by atoms with Gasteiger partial charge in [0.05, 0.1) is 0 Å². The van der Waals surface area contributed by atoms with Crippen molar-refractivity contribution in [2.24, 2.45) is 5.73 Å². The lowest BCUT2D eigenvalue weighted by atomic mass is 10.2. The van der Waals surface area contributed by atoms with Crippen molar-refractivity contribution in [3.8, 4) is 0 Å². The van der Waals surface area contributed by atoms with E-state index in [1.807, 2.05) is 0 Å². The lowest BCUT2D eigenvalue weighted by molar-refractivity contribution is -0.118. The van der Waals surface area contributed by atoms with Crippen molar-refractivity contribution in [3.05, 3.63) is 10.4 Å². The van der Waals surface area contributed by atoms with Gasteiger partial charge in [0.25, 0.3) is 0 Å². The van der Waals surface area contributed by atoms with Crippen molar-refractivity contribution in [1.29, 1.82) is 0 Å². The molecule has 0 aromatic carbocycles. The monoisotopic (exact) mass is 263 g/mol. The van der Waals surface area contributed by atoms with E-state index in [1.54, 1.807) is 0 Å². The third-order valence-electron chi connectivity index (χ3n) is 1.76. The van der Waals surface area contributed by atoms with Crippen LogP contribution in [0.5, 0.6) is 0 Å². The van der Waals surface area contributed by atoms with Crippen molar-refractivity contribution >= 4 is 34.9 Å². The van der Waals surface area contributed by atoms with Gasteiger partial charge in [-0.3, -0.25) is 4.79 Å². The first-order valence-corrected chi connectivity index (χ1v) is 5.43. The van der Waals surface area contributed by atoms with E-state index in [4.69, 9.17) is 28.9 Å². The molecule has 0 aliphatic rings. The minimum Gasteiger partial charge on any atom is -0.370 e. The van der Waals surface area contributed by atoms with Crippen molar-refractivity contribution in [2.75, 3.05) is 11.9 Å². The van der Waals surface area contributed by atoms with Gasteiger partial charge in [0.1, 0.15) is 0 Å². The fourth-order valence-corrected chi connectivity index (χ4v) is 1.31. The molecule has 0 spiro atoms. The molecule has 1 heterocycles. The van der Waals surface area contributed by atoms with Crippen LogP contribution in [0.1, 0.15) is 19.3 Å². The fourth-order valence-electron chi connectivity index (χ4n) is 1.04. The minimum absolute atomic E-state index is 0.0315. The molecule has 0 aliphatic heterocycles. The largest absolute Gasteiger partial charge is 0.370 e. The number of carbonyl (C=O) groups excluding carboxylic acids is 1. The summed E-state index contributed by atoms with van der Waals surface area (Å²) in [5.41, 5.74) is 5.00. The first-order valence-electron chi connectivity index (χ1n) is 4.67. The van der Waals surface area contributed by atoms with Crippen LogP contribution < -0.4 is 11.1 Å². The molecule has 0 bridgehead atoms. The zero-order valence-corrected chi connectivity index (χ0v) is 9.92. The summed E-state index contributed by atoms with van der Waals surface area (Å²) in [6.07, 6.45) is 1.87. The summed E-state index contributed by atoms with van der Waals surface area (Å²) in [4.78, 5) is 14.3. The molecule has 1 aromatic heterocycles. The van der Waals surface area contributed by atoms with Crippen LogP contribution in [0.25, 0.3) is 0 Å². The molecule has 1 rings (SSSR count). The van der Waals surface area contributed by atoms with Gasteiger partial charge in [0.2, 0.25) is 11.2 Å². The summed E-state index contributed by atoms with van der Waals surface area (Å²) in [6.45, 7) is 0.613. The van der Waals surface area contributed by atoms with Gasteiger partial charge < -0.3 is 11.1 Å². The summed E-state index contributed by atoms with van der Waals surface area (Å²) >= 11 is 11.3. The van der Waals surface area contributed by atoms with Crippen LogP contribution in [-0.2, 0) is 4.79 Å². The normalized spacial score (nSPS) is 10.1. The summed E-state index contributed by atoms with van der Waals surface area (Å²) in [6, 6.07) is 0. The van der Waals surface area contributed by atoms with Crippen LogP contribution in [0.2, 0.25) is 10.4 Å². The first-order chi connectivity index (χ1) is 7.59. The SMILES string of the molecule is NC(=O)CCCCNc1nc(Cl)nnc1Cl. The lowest BCUT2D eigenvalue weighted by Crippen LogP contribution is -2.11. The Bertz CT molecular complexity index is 373. The predicted octanol–water partition coefficient (Wildman–Crippen LogP) is 1.25. The van der Waals surface area contributed by atoms with E-state index >= 15 is 0 Å². The molecule has 3 N–H and O–H groups in total. The molecule has 0 saturated carbocycles. The van der Waals surface area contributed by atoms with Crippen molar-refractivity contribution in [2.45, 2.75) is 19.3 Å². The number of unbranched alkanes of at least 4 members (excludes halogenated alkanes) is 1. The average Bonchev–Trinajstić information content (AvgIpc) is 2.22. The number of amides is 1. The van der Waals surface area contributed by atoms with Gasteiger partial charge in [-0.1, -0.05) is 11.6 Å². The molecule has 8 heteroatoms. The Morgan fingerprint density at radius 1 is 1.31 bits per heavy atom. The Balaban J connectivity index is 2.31. The third-order valence-corrected chi connectivity index (χ3v) is 2.18. The van der Waals surface area contributed by atoms with Crippen LogP contribution in [0.15, 0.2) is 0 Å². The number of carbonyl (C=O) groups is 1. The van der Waals surface area contributed by atoms with Gasteiger partial charge in [-0.2, -0.15) is 4.98 Å². The topological polar surface area (TPSA) is 93.8 Å². The van der Waals surface area contributed by atoms with Crippen LogP contribution in [0, 0.1) is 0 Å². The highest BCUT2D eigenvalue weighted by molar-refractivity contribution is 6.32. The Morgan fingerprint density at radius 3 is 2.75 bits per heavy atom. The summed E-state index contributed by atoms with van der Waals surface area (Å²) in [5, 5.41) is 10.2. The lowest BCUT2D eigenvalue weighted by Gasteiger charge is -2.05. The number of anilines is 1. The molecule has 1 aromatic rings. The second-order valence-electron chi connectivity index (χ2n) is 3.07. The Morgan fingerprint density at radius 2 is 2.06 bits per heavy atom. The first kappa shape index (κ1) is 12.9. The number of hydrogen-bond donors (Lipinski definition) is 2. The quantitative estimate of drug-likeness (QED) is 0.754. The number of aromatic nitrogens is 3. The maximum absolute atomic E-state index is 10.5. The summed E-state index contributed by atoms with van der Waals surface area (Å²) < 4.78 is 0. The maximum atomic E-state index is 10.5. The number of nitrogens with zero attached hydrogens (tertiary/aromatic N) is 3. The van der Waals surface area contributed by atoms with E-state index in [-0.39, 0.29) is 16.3 Å². The molecular weight excluding hydrogens is 253 g/mol. The number of nitrogens with two attached hydrogens (primary N) is 1. The molecule has 88 valence electrons. The highest BCUT2D eigenvalue weighted by Gasteiger charge is 2.04. The molecule has 16 heavy (non-hydrogen) atoms. The van der Waals surface area contributed by atoms with Gasteiger partial charge in [-0.25, -0.2) is 0 Å². The van der Waals surface area contributed by atoms with E-state index in [2.05, 4.69) is 20.5 Å². The molecule has 6 nitrogen and oxygen atoms in total. The van der Waals surface area contributed by atoms with E-state index in [0.29, 0.717) is 25.2 Å². The van der Waals surface area contributed by atoms with E-state index in [0.717, 1.165) is 6.42 Å². The molecule has 0 aliphatic carbocycles. The number of rotatable bonds is 6. The zero-order valence-electron chi connectivity index (χ0n) is 8.41. The average molecular weight is 264 g/mol. The van der Waals surface area contributed by atoms with E-state index in [1.165, 1.54) is 0 Å². The molecule has 0 unspecified atom stereocenters. The molecule has 0 radical (unpaired) electrons. The van der Waals surface area contributed by atoms with Gasteiger partial charge in [0, 0.05) is 13.0 Å². The molecular formula is C8H11Cl2N5O. The zero-order chi connectivity index (χ0) is 12.0. The second-order valence-corrected chi connectivity index (χ2v) is 3.77. The standard InChI is InChI=1S/C8H11Cl2N5O/c9-6-7(13-8(10)15-14-6)12-4-2-1-3-5(11)16/h1-4H2,(H2,11,16)(H,12,13,15). The van der Waals surface area contributed by atoms with Crippen LogP contribution >= 0.6 is 23.2 Å². The van der Waals surface area contributed by atoms with Crippen molar-refractivity contribution in [3.63, 3.8) is 0 Å². The Hall–Kier alpha value is -1.14. The summed E-state index contributed by atoms with van der Waals surface area (Å²) in [5.74, 6) is 0.0884. The van der Waals surface area contributed by atoms with Crippen LogP contribution in [0.4, 0.5) is 5.82 Å². The number of primary amides is 1. The molecule has 0 atom stereocenters. The Labute approximate surface area is 103 Å². The smallest absolute Gasteiger partial charge is 0.245 e. The number of nitrogens with one attached hydrogen (secondary N) is 1. The van der Waals surface area contributed by atoms with Gasteiger partial charge in [-0.05, 0) is 24.4 Å². The summed E-state index contributed by atoms with van der Waals surface area (Å²) in [7, 11) is 0. The third kappa shape index (κ3) is 4.59. The van der Waals surface area contributed by atoms with Gasteiger partial charge in [-0.15, -0.1) is 10.2 Å². The molecule has 0 saturated heterocycles. The Kier molecular flexibility index (Phi) is 5.21. The highest BCUT2D eigenvalue weighted by atomic mass is 35.5. The van der Waals surface area contributed by atoms with Gasteiger partial charge in [0.15, 0.2) is 11.0 Å². The van der Waals surface area contributed by atoms with Crippen LogP contribution in [0.3, 0.4) is 0 Å². The molecule has 0 fully saturated rings. The fraction of sp³-hybridized carbons (Fsp3) is 0.500. The second kappa shape index (κ2) is 6.44. The van der Waals surface area contributed by atoms with Crippen LogP contribution in [-0.4, -0.2) is 27.6 Å². The minimum atomic E-state index is -0.301. The predicted molar refractivity (Wildman–Crippen MR) is 61.4 cm³/mol. The molecule has 1 amide bonds. The van der Waals surface area contributed by atoms with E-state index < -0.39 is 0 Å². The van der Waals surface area contributed by atoms with Gasteiger partial charge >= 0.3 is 0 Å². The number of hydrogen-bond acceptors (Lipinski definition) is 5.